The molecular weight excluding hydrogens is 682 g/mol. The van der Waals surface area contributed by atoms with Crippen molar-refractivity contribution >= 4 is 5.97 Å². The molecule has 0 N–H and O–H groups in total. The maximum atomic E-state index is 14.7. The number of rotatable bonds is 13. The number of benzene rings is 1. The first-order valence-electron chi connectivity index (χ1n) is 9.04. The van der Waals surface area contributed by atoms with Gasteiger partial charge in [0, 0.05) is 4.91 Å². The first-order valence-corrected chi connectivity index (χ1v) is 9.04. The minimum atomic E-state index is -7.96. The van der Waals surface area contributed by atoms with Crippen LogP contribution in [0.4, 0.5) is 87.8 Å². The molecule has 43 heavy (non-hydrogen) atoms. The highest BCUT2D eigenvalue weighted by molar-refractivity contribution is 5.79. The highest BCUT2D eigenvalue weighted by Gasteiger charge is 2.77. The zero-order chi connectivity index (χ0) is 34.6. The Bertz CT molecular complexity index is 1290. The van der Waals surface area contributed by atoms with E-state index in [0.717, 1.165) is 10.0 Å². The zero-order valence-corrected chi connectivity index (χ0v) is 18.4. The van der Waals surface area contributed by atoms with Crippen LogP contribution in [0, 0.1) is 29.1 Å². The first kappa shape index (κ1) is 37.5. The van der Waals surface area contributed by atoms with Crippen LogP contribution in [0.2, 0.25) is 0 Å². The summed E-state index contributed by atoms with van der Waals surface area (Å²) < 4.78 is 274. The molecule has 0 amide bonds. The van der Waals surface area contributed by atoms with Crippen molar-refractivity contribution in [1.29, 1.82) is 0 Å². The van der Waals surface area contributed by atoms with Crippen molar-refractivity contribution in [3.05, 3.63) is 45.1 Å². The van der Waals surface area contributed by atoms with E-state index < -0.39 is 89.0 Å². The Morgan fingerprint density at radius 2 is 0.837 bits per heavy atom. The van der Waals surface area contributed by atoms with Crippen molar-refractivity contribution < 1.29 is 112 Å². The van der Waals surface area contributed by atoms with Crippen LogP contribution >= 0.6 is 0 Å². The topological polar surface area (TPSA) is 117 Å². The molecule has 28 heteroatoms. The van der Waals surface area contributed by atoms with E-state index in [-0.39, 0.29) is 0 Å². The van der Waals surface area contributed by atoms with Crippen LogP contribution in [-0.2, 0) is 24.7 Å². The monoisotopic (exact) mass is 682 g/mol. The minimum absolute atomic E-state index is 0.811. The molecule has 1 rings (SSSR count). The number of hydrogen-bond donors (Lipinski definition) is 0. The number of carbonyl (C=O) groups is 1. The van der Waals surface area contributed by atoms with Crippen LogP contribution < -0.4 is 5.11 Å². The van der Waals surface area contributed by atoms with Crippen molar-refractivity contribution in [2.45, 2.75) is 48.4 Å². The van der Waals surface area contributed by atoms with E-state index in [9.17, 15) is 97.7 Å². The molecule has 0 aliphatic heterocycles. The summed E-state index contributed by atoms with van der Waals surface area (Å²) in [7, 11) is 0. The number of azide groups is 1. The summed E-state index contributed by atoms with van der Waals surface area (Å²) in [6.07, 6.45) is -46.3. The van der Waals surface area contributed by atoms with E-state index in [4.69, 9.17) is 5.53 Å². The molecule has 1 aromatic rings. The predicted molar refractivity (Wildman–Crippen MR) is 81.1 cm³/mol. The number of hydrogen-bond acceptors (Lipinski definition) is 6. The van der Waals surface area contributed by atoms with Crippen molar-refractivity contribution in [2.75, 3.05) is 0 Å². The zero-order valence-electron chi connectivity index (χ0n) is 18.4. The number of nitrogens with zero attached hydrogens (tertiary/aromatic N) is 3. The second-order valence-corrected chi connectivity index (χ2v) is 7.03. The maximum absolute atomic E-state index is 14.7. The van der Waals surface area contributed by atoms with Gasteiger partial charge in [0.15, 0.2) is 23.3 Å². The Kier molecular flexibility index (Phi) is 9.49. The third kappa shape index (κ3) is 6.26. The predicted octanol–water partition coefficient (Wildman–Crippen LogP) is 5.81. The molecule has 1 aromatic carbocycles. The fourth-order valence-electron chi connectivity index (χ4n) is 2.24. The molecule has 246 valence electrons. The molecule has 0 saturated carbocycles. The van der Waals surface area contributed by atoms with Crippen LogP contribution in [-0.4, -0.2) is 48.7 Å². The lowest BCUT2D eigenvalue weighted by molar-refractivity contribution is -0.566. The number of carbonyl (C=O) groups excluding carboxylic acids is 1. The SMILES string of the molecule is [N-]=[N+]=NC(F)(F)C(F)(F)OC(F)(F)C(F)(F)OC(F)(F)C(F)(F)OC(F)(F)C(F)(C(=O)[O-])c1c(F)c(F)c(F)c(F)c1F. The molecule has 0 spiro atoms. The van der Waals surface area contributed by atoms with Gasteiger partial charge in [-0.1, -0.05) is 0 Å². The molecule has 0 saturated heterocycles. The summed E-state index contributed by atoms with van der Waals surface area (Å²) in [5.41, 5.74) is -3.45. The van der Waals surface area contributed by atoms with E-state index in [1.54, 1.807) is 4.74 Å². The summed E-state index contributed by atoms with van der Waals surface area (Å²) in [5, 5.41) is 11.7. The van der Waals surface area contributed by atoms with Crippen LogP contribution in [0.15, 0.2) is 5.11 Å². The second kappa shape index (κ2) is 10.9. The molecule has 0 fully saturated rings. The molecule has 1 atom stereocenters. The van der Waals surface area contributed by atoms with E-state index in [2.05, 4.69) is 0 Å². The summed E-state index contributed by atoms with van der Waals surface area (Å²) in [4.78, 5) is 11.8. The number of carboxylic acid groups (broad SMARTS) is 1. The highest BCUT2D eigenvalue weighted by atomic mass is 19.4. The van der Waals surface area contributed by atoms with Gasteiger partial charge >= 0.3 is 42.7 Å². The average Bonchev–Trinajstić information content (AvgIpc) is 2.78. The minimum Gasteiger partial charge on any atom is -0.546 e. The Labute approximate surface area is 217 Å². The molecule has 1 unspecified atom stereocenters. The highest BCUT2D eigenvalue weighted by Crippen LogP contribution is 2.53. The Hall–Kier alpha value is -3.52. The average molecular weight is 682 g/mol. The van der Waals surface area contributed by atoms with Gasteiger partial charge in [-0.05, 0) is 10.6 Å². The van der Waals surface area contributed by atoms with Crippen molar-refractivity contribution in [3.8, 4) is 0 Å². The van der Waals surface area contributed by atoms with Crippen LogP contribution in [0.1, 0.15) is 5.56 Å². The van der Waals surface area contributed by atoms with E-state index >= 15 is 0 Å². The van der Waals surface area contributed by atoms with Gasteiger partial charge in [-0.2, -0.15) is 61.5 Å². The summed E-state index contributed by atoms with van der Waals surface area (Å²) in [6, 6.07) is -6.59. The van der Waals surface area contributed by atoms with Gasteiger partial charge in [-0.3, -0.25) is 0 Å². The fraction of sp³-hybridized carbons (Fsp3) is 0.533. The van der Waals surface area contributed by atoms with Crippen molar-refractivity contribution in [1.82, 2.24) is 0 Å². The maximum Gasteiger partial charge on any atom is 0.453 e. The van der Waals surface area contributed by atoms with Gasteiger partial charge in [0.1, 0.15) is 0 Å². The second-order valence-electron chi connectivity index (χ2n) is 7.03. The fourth-order valence-corrected chi connectivity index (χ4v) is 2.24. The van der Waals surface area contributed by atoms with Crippen LogP contribution in [0.5, 0.6) is 0 Å². The smallest absolute Gasteiger partial charge is 0.453 e. The van der Waals surface area contributed by atoms with E-state index in [0.29, 0.717) is 0 Å². The largest absolute Gasteiger partial charge is 0.546 e. The third-order valence-electron chi connectivity index (χ3n) is 4.20. The molecule has 0 aliphatic carbocycles. The standard InChI is InChI=1S/C15HF20N3O5/c16-2-1(3(17)5(19)6(20)4(2)18)8(21,7(39)40)10(24,25)41-12(28,29)14(32,33)43-15(34,35)13(30,31)42-11(26,27)9(22,23)37-38-36/h(H,39,40)/p-1. The molecule has 0 aliphatic rings. The van der Waals surface area contributed by atoms with Gasteiger partial charge in [0.25, 0.3) is 5.67 Å². The number of aliphatic carboxylic acids is 1. The Morgan fingerprint density at radius 3 is 1.14 bits per heavy atom. The normalized spacial score (nSPS) is 15.6. The van der Waals surface area contributed by atoms with Crippen LogP contribution in [0.3, 0.4) is 0 Å². The molecule has 0 aromatic heterocycles. The van der Waals surface area contributed by atoms with Crippen LogP contribution in [0.25, 0.3) is 10.4 Å². The number of ether oxygens (including phenoxy) is 3. The van der Waals surface area contributed by atoms with Gasteiger partial charge in [0.05, 0.1) is 11.5 Å². The quantitative estimate of drug-likeness (QED) is 0.0496. The van der Waals surface area contributed by atoms with Gasteiger partial charge in [-0.25, -0.2) is 40.6 Å². The van der Waals surface area contributed by atoms with Gasteiger partial charge in [-0.15, -0.1) is 0 Å². The lowest BCUT2D eigenvalue weighted by Crippen LogP contribution is -2.62. The number of alkyl halides is 15. The summed E-state index contributed by atoms with van der Waals surface area (Å²) in [6.45, 7) is 0. The number of halogens is 20. The molecular formula is C15F20N3O5-. The molecule has 8 nitrogen and oxygen atoms in total. The summed E-state index contributed by atoms with van der Waals surface area (Å²) in [5.74, 6) is -22.8. The third-order valence-corrected chi connectivity index (χ3v) is 4.20. The Balaban J connectivity index is 3.62. The van der Waals surface area contributed by atoms with Crippen molar-refractivity contribution in [3.63, 3.8) is 0 Å². The summed E-state index contributed by atoms with van der Waals surface area (Å²) >= 11 is 0. The lowest BCUT2D eigenvalue weighted by atomic mass is 9.92. The number of carboxylic acids is 1. The Morgan fingerprint density at radius 1 is 0.558 bits per heavy atom. The first-order chi connectivity index (χ1) is 18.8. The van der Waals surface area contributed by atoms with E-state index in [1.165, 1.54) is 9.47 Å². The van der Waals surface area contributed by atoms with Gasteiger partial charge < -0.3 is 9.90 Å². The van der Waals surface area contributed by atoms with Crippen molar-refractivity contribution in [2.24, 2.45) is 5.11 Å². The molecule has 0 heterocycles. The van der Waals surface area contributed by atoms with E-state index in [1.807, 2.05) is 0 Å². The molecule has 0 radical (unpaired) electrons. The lowest BCUT2D eigenvalue weighted by Gasteiger charge is -2.38. The van der Waals surface area contributed by atoms with Gasteiger partial charge in [0.2, 0.25) is 5.82 Å². The molecule has 0 bridgehead atoms.